The number of aryl methyl sites for hydroxylation is 1. The lowest BCUT2D eigenvalue weighted by Gasteiger charge is -2.26. The minimum Gasteiger partial charge on any atom is -0.332 e. The van der Waals surface area contributed by atoms with Gasteiger partial charge >= 0.3 is 0 Å². The Morgan fingerprint density at radius 2 is 1.93 bits per heavy atom. The summed E-state index contributed by atoms with van der Waals surface area (Å²) in [5.74, 6) is -0.674. The summed E-state index contributed by atoms with van der Waals surface area (Å²) in [5, 5.41) is 10.7. The molecule has 1 aliphatic heterocycles. The van der Waals surface area contributed by atoms with Crippen molar-refractivity contribution in [2.24, 2.45) is 0 Å². The van der Waals surface area contributed by atoms with Crippen molar-refractivity contribution in [1.82, 2.24) is 5.32 Å². The standard InChI is InChI=1S/C11H14N2O2/c1-7-4-5-8-9(6-7)11(14-2,15-3)13-10(8)12/h4-6H,1-3H3,(H2,12,13). The minimum atomic E-state index is -1.00. The fraction of sp³-hybridized carbons (Fsp3) is 0.364. The van der Waals surface area contributed by atoms with E-state index >= 15 is 0 Å². The third-order valence-corrected chi connectivity index (χ3v) is 2.66. The summed E-state index contributed by atoms with van der Waals surface area (Å²) in [6.45, 7) is 2.00. The van der Waals surface area contributed by atoms with E-state index in [0.29, 0.717) is 5.84 Å². The molecule has 0 aromatic heterocycles. The van der Waals surface area contributed by atoms with Crippen LogP contribution < -0.4 is 5.32 Å². The molecule has 80 valence electrons. The van der Waals surface area contributed by atoms with Gasteiger partial charge in [-0.3, -0.25) is 5.41 Å². The highest BCUT2D eigenvalue weighted by Crippen LogP contribution is 2.32. The number of nitrogens with one attached hydrogen (secondary N) is 2. The number of amidine groups is 1. The van der Waals surface area contributed by atoms with Crippen LogP contribution >= 0.6 is 0 Å². The molecule has 0 radical (unpaired) electrons. The average molecular weight is 206 g/mol. The van der Waals surface area contributed by atoms with E-state index in [2.05, 4.69) is 5.32 Å². The summed E-state index contributed by atoms with van der Waals surface area (Å²) in [4.78, 5) is 0. The normalized spacial score (nSPS) is 17.4. The molecule has 0 saturated heterocycles. The number of hydrogen-bond acceptors (Lipinski definition) is 3. The molecule has 0 bridgehead atoms. The van der Waals surface area contributed by atoms with Crippen LogP contribution in [0, 0.1) is 12.3 Å². The van der Waals surface area contributed by atoms with E-state index in [1.54, 1.807) is 14.2 Å². The van der Waals surface area contributed by atoms with Crippen molar-refractivity contribution < 1.29 is 9.47 Å². The second kappa shape index (κ2) is 3.32. The van der Waals surface area contributed by atoms with Crippen molar-refractivity contribution in [3.05, 3.63) is 34.9 Å². The zero-order valence-corrected chi connectivity index (χ0v) is 9.05. The summed E-state index contributed by atoms with van der Waals surface area (Å²) < 4.78 is 10.7. The van der Waals surface area contributed by atoms with Gasteiger partial charge in [-0.05, 0) is 13.0 Å². The maximum absolute atomic E-state index is 7.79. The van der Waals surface area contributed by atoms with Crippen molar-refractivity contribution >= 4 is 5.84 Å². The third kappa shape index (κ3) is 1.33. The molecule has 0 spiro atoms. The van der Waals surface area contributed by atoms with Crippen molar-refractivity contribution in [1.29, 1.82) is 5.41 Å². The van der Waals surface area contributed by atoms with Crippen LogP contribution in [0.2, 0.25) is 0 Å². The van der Waals surface area contributed by atoms with E-state index in [1.807, 2.05) is 25.1 Å². The van der Waals surface area contributed by atoms with Crippen molar-refractivity contribution in [3.8, 4) is 0 Å². The van der Waals surface area contributed by atoms with Crippen LogP contribution in [-0.4, -0.2) is 20.1 Å². The Hall–Kier alpha value is -1.39. The Morgan fingerprint density at radius 3 is 2.53 bits per heavy atom. The second-order valence-corrected chi connectivity index (χ2v) is 3.57. The van der Waals surface area contributed by atoms with Crippen molar-refractivity contribution in [2.45, 2.75) is 12.8 Å². The summed E-state index contributed by atoms with van der Waals surface area (Å²) >= 11 is 0. The van der Waals surface area contributed by atoms with Crippen LogP contribution in [0.4, 0.5) is 0 Å². The second-order valence-electron chi connectivity index (χ2n) is 3.57. The Morgan fingerprint density at radius 1 is 1.27 bits per heavy atom. The van der Waals surface area contributed by atoms with Gasteiger partial charge in [0.25, 0.3) is 5.91 Å². The lowest BCUT2D eigenvalue weighted by molar-refractivity contribution is -0.223. The number of rotatable bonds is 2. The van der Waals surface area contributed by atoms with E-state index < -0.39 is 5.91 Å². The van der Waals surface area contributed by atoms with Crippen LogP contribution in [0.3, 0.4) is 0 Å². The maximum atomic E-state index is 7.79. The molecule has 1 aromatic carbocycles. The van der Waals surface area contributed by atoms with Crippen LogP contribution in [0.15, 0.2) is 18.2 Å². The predicted octanol–water partition coefficient (Wildman–Crippen LogP) is 1.33. The molecular formula is C11H14N2O2. The highest BCUT2D eigenvalue weighted by atomic mass is 16.7. The SMILES string of the molecule is COC1(OC)NC(=N)c2ccc(C)cc21. The van der Waals surface area contributed by atoms with E-state index in [9.17, 15) is 0 Å². The molecule has 0 amide bonds. The molecule has 4 nitrogen and oxygen atoms in total. The summed E-state index contributed by atoms with van der Waals surface area (Å²) in [5.41, 5.74) is 2.80. The van der Waals surface area contributed by atoms with E-state index in [4.69, 9.17) is 14.9 Å². The topological polar surface area (TPSA) is 54.3 Å². The third-order valence-electron chi connectivity index (χ3n) is 2.66. The van der Waals surface area contributed by atoms with Gasteiger partial charge in [0.2, 0.25) is 0 Å². The fourth-order valence-electron chi connectivity index (χ4n) is 1.85. The summed E-state index contributed by atoms with van der Waals surface area (Å²) in [6, 6.07) is 5.84. The molecule has 2 rings (SSSR count). The lowest BCUT2D eigenvalue weighted by atomic mass is 10.0. The molecule has 0 atom stereocenters. The maximum Gasteiger partial charge on any atom is 0.279 e. The first-order chi connectivity index (χ1) is 7.13. The molecule has 1 aliphatic rings. The quantitative estimate of drug-likeness (QED) is 0.718. The molecule has 0 unspecified atom stereocenters. The Kier molecular flexibility index (Phi) is 2.25. The number of fused-ring (bicyclic) bond motifs is 1. The Labute approximate surface area is 88.7 Å². The van der Waals surface area contributed by atoms with Gasteiger partial charge in [0.05, 0.1) is 0 Å². The van der Waals surface area contributed by atoms with Gasteiger partial charge in [0.15, 0.2) is 0 Å². The van der Waals surface area contributed by atoms with Gasteiger partial charge in [-0.15, -0.1) is 0 Å². The van der Waals surface area contributed by atoms with Gasteiger partial charge < -0.3 is 14.8 Å². The van der Waals surface area contributed by atoms with Gasteiger partial charge in [-0.2, -0.15) is 0 Å². The Bertz CT molecular complexity index is 411. The van der Waals surface area contributed by atoms with Gasteiger partial charge in [-0.1, -0.05) is 17.7 Å². The summed E-state index contributed by atoms with van der Waals surface area (Å²) in [7, 11) is 3.11. The smallest absolute Gasteiger partial charge is 0.279 e. The van der Waals surface area contributed by atoms with Gasteiger partial charge in [0, 0.05) is 25.3 Å². The number of hydrogen-bond donors (Lipinski definition) is 2. The van der Waals surface area contributed by atoms with Crippen LogP contribution in [-0.2, 0) is 15.4 Å². The van der Waals surface area contributed by atoms with Crippen LogP contribution in [0.5, 0.6) is 0 Å². The predicted molar refractivity (Wildman–Crippen MR) is 56.8 cm³/mol. The van der Waals surface area contributed by atoms with E-state index in [1.165, 1.54) is 0 Å². The lowest BCUT2D eigenvalue weighted by Crippen LogP contribution is -2.42. The number of benzene rings is 1. The van der Waals surface area contributed by atoms with Crippen molar-refractivity contribution in [2.75, 3.05) is 14.2 Å². The zero-order chi connectivity index (χ0) is 11.1. The van der Waals surface area contributed by atoms with E-state index in [-0.39, 0.29) is 0 Å². The zero-order valence-electron chi connectivity index (χ0n) is 9.05. The molecule has 1 aromatic rings. The van der Waals surface area contributed by atoms with Crippen molar-refractivity contribution in [3.63, 3.8) is 0 Å². The first-order valence-corrected chi connectivity index (χ1v) is 4.71. The molecule has 0 saturated carbocycles. The molecule has 15 heavy (non-hydrogen) atoms. The summed E-state index contributed by atoms with van der Waals surface area (Å²) in [6.07, 6.45) is 0. The van der Waals surface area contributed by atoms with Gasteiger partial charge in [0.1, 0.15) is 5.84 Å². The largest absolute Gasteiger partial charge is 0.332 e. The minimum absolute atomic E-state index is 0.328. The first-order valence-electron chi connectivity index (χ1n) is 4.71. The molecule has 2 N–H and O–H groups in total. The van der Waals surface area contributed by atoms with Crippen LogP contribution in [0.25, 0.3) is 0 Å². The first kappa shape index (κ1) is 10.1. The average Bonchev–Trinajstić information content (AvgIpc) is 2.52. The number of methoxy groups -OCH3 is 2. The highest BCUT2D eigenvalue weighted by Gasteiger charge is 2.42. The molecular weight excluding hydrogens is 192 g/mol. The molecule has 0 fully saturated rings. The molecule has 4 heteroatoms. The molecule has 1 heterocycles. The fourth-order valence-corrected chi connectivity index (χ4v) is 1.85. The number of ether oxygens (including phenoxy) is 2. The Balaban J connectivity index is 2.61. The van der Waals surface area contributed by atoms with E-state index in [0.717, 1.165) is 16.7 Å². The highest BCUT2D eigenvalue weighted by molar-refractivity contribution is 6.01. The molecule has 0 aliphatic carbocycles. The van der Waals surface area contributed by atoms with Crippen LogP contribution in [0.1, 0.15) is 16.7 Å². The monoisotopic (exact) mass is 206 g/mol. The van der Waals surface area contributed by atoms with Gasteiger partial charge in [-0.25, -0.2) is 0 Å².